The molecule has 2 rings (SSSR count). The molecule has 1 aliphatic rings. The molecule has 1 aromatic heterocycles. The lowest BCUT2D eigenvalue weighted by molar-refractivity contribution is 0.0696. The molecule has 0 saturated carbocycles. The number of rotatable bonds is 3. The molecule has 1 unspecified atom stereocenters. The molecule has 1 saturated heterocycles. The van der Waals surface area contributed by atoms with Crippen LogP contribution in [-0.4, -0.2) is 39.5 Å². The van der Waals surface area contributed by atoms with Crippen LogP contribution < -0.4 is 0 Å². The molecule has 19 heavy (non-hydrogen) atoms. The summed E-state index contributed by atoms with van der Waals surface area (Å²) >= 11 is 0. The Hall–Kier alpha value is -1.91. The third-order valence-corrected chi connectivity index (χ3v) is 3.53. The van der Waals surface area contributed by atoms with Crippen molar-refractivity contribution in [2.75, 3.05) is 6.54 Å². The lowest BCUT2D eigenvalue weighted by Gasteiger charge is -2.23. The van der Waals surface area contributed by atoms with Crippen LogP contribution in [0, 0.1) is 6.92 Å². The minimum absolute atomic E-state index is 0.114. The Morgan fingerprint density at radius 2 is 2.21 bits per heavy atom. The monoisotopic (exact) mass is 262 g/mol. The quantitative estimate of drug-likeness (QED) is 0.905. The molecule has 1 amide bonds. The molecule has 0 aromatic carbocycles. The lowest BCUT2D eigenvalue weighted by Crippen LogP contribution is -2.35. The highest BCUT2D eigenvalue weighted by Gasteiger charge is 2.29. The number of pyridine rings is 1. The summed E-state index contributed by atoms with van der Waals surface area (Å²) in [5, 5.41) is 9.03. The molecule has 0 spiro atoms. The summed E-state index contributed by atoms with van der Waals surface area (Å²) in [5.74, 6) is -1.19. The second-order valence-electron chi connectivity index (χ2n) is 4.89. The zero-order valence-corrected chi connectivity index (χ0v) is 11.2. The van der Waals surface area contributed by atoms with Gasteiger partial charge in [-0.1, -0.05) is 6.92 Å². The number of aromatic nitrogens is 1. The van der Waals surface area contributed by atoms with Gasteiger partial charge >= 0.3 is 5.97 Å². The number of carbonyl (C=O) groups excluding carboxylic acids is 1. The van der Waals surface area contributed by atoms with Gasteiger partial charge < -0.3 is 10.0 Å². The Labute approximate surface area is 112 Å². The number of aromatic carboxylic acids is 1. The van der Waals surface area contributed by atoms with Crippen LogP contribution in [0.15, 0.2) is 12.1 Å². The molecule has 1 atom stereocenters. The Kier molecular flexibility index (Phi) is 3.83. The number of hydrogen-bond donors (Lipinski definition) is 1. The first-order valence-corrected chi connectivity index (χ1v) is 6.56. The van der Waals surface area contributed by atoms with Crippen molar-refractivity contribution in [2.24, 2.45) is 0 Å². The van der Waals surface area contributed by atoms with E-state index in [2.05, 4.69) is 11.9 Å². The molecule has 2 heterocycles. The van der Waals surface area contributed by atoms with Crippen molar-refractivity contribution >= 4 is 11.9 Å². The third-order valence-electron chi connectivity index (χ3n) is 3.53. The lowest BCUT2D eigenvalue weighted by atomic mass is 10.1. The fourth-order valence-corrected chi connectivity index (χ4v) is 2.58. The number of nitrogens with zero attached hydrogens (tertiary/aromatic N) is 2. The van der Waals surface area contributed by atoms with Crippen molar-refractivity contribution in [1.82, 2.24) is 9.88 Å². The number of carbonyl (C=O) groups is 2. The molecule has 0 bridgehead atoms. The minimum Gasteiger partial charge on any atom is -0.478 e. The first-order chi connectivity index (χ1) is 9.02. The van der Waals surface area contributed by atoms with E-state index in [9.17, 15) is 9.59 Å². The summed E-state index contributed by atoms with van der Waals surface area (Å²) in [7, 11) is 0. The molecule has 1 aromatic rings. The van der Waals surface area contributed by atoms with E-state index >= 15 is 0 Å². The number of aryl methyl sites for hydroxylation is 1. The van der Waals surface area contributed by atoms with Crippen molar-refractivity contribution in [2.45, 2.75) is 39.2 Å². The van der Waals surface area contributed by atoms with E-state index in [4.69, 9.17) is 5.11 Å². The maximum Gasteiger partial charge on any atom is 0.335 e. The highest BCUT2D eigenvalue weighted by molar-refractivity contribution is 5.96. The standard InChI is InChI=1S/C14H18N2O3/c1-3-11-5-4-6-16(11)13(17)12-8-10(14(18)19)7-9(2)15-12/h7-8,11H,3-6H2,1-2H3,(H,18,19). The van der Waals surface area contributed by atoms with Gasteiger partial charge in [-0.3, -0.25) is 4.79 Å². The van der Waals surface area contributed by atoms with Gasteiger partial charge in [-0.05, 0) is 38.3 Å². The van der Waals surface area contributed by atoms with Crippen molar-refractivity contribution in [3.05, 3.63) is 29.1 Å². The van der Waals surface area contributed by atoms with Gasteiger partial charge in [0.05, 0.1) is 5.56 Å². The maximum atomic E-state index is 12.4. The van der Waals surface area contributed by atoms with E-state index in [0.717, 1.165) is 25.8 Å². The zero-order chi connectivity index (χ0) is 14.0. The van der Waals surface area contributed by atoms with E-state index in [0.29, 0.717) is 5.69 Å². The second-order valence-corrected chi connectivity index (χ2v) is 4.89. The SMILES string of the molecule is CCC1CCCN1C(=O)c1cc(C(=O)O)cc(C)n1. The van der Waals surface area contributed by atoms with Crippen molar-refractivity contribution in [3.8, 4) is 0 Å². The van der Waals surface area contributed by atoms with Crippen molar-refractivity contribution in [1.29, 1.82) is 0 Å². The number of likely N-dealkylation sites (tertiary alicyclic amines) is 1. The maximum absolute atomic E-state index is 12.4. The van der Waals surface area contributed by atoms with Gasteiger partial charge in [-0.15, -0.1) is 0 Å². The van der Waals surface area contributed by atoms with Crippen LogP contribution in [-0.2, 0) is 0 Å². The summed E-state index contributed by atoms with van der Waals surface area (Å²) in [6, 6.07) is 3.09. The fourth-order valence-electron chi connectivity index (χ4n) is 2.58. The predicted octanol–water partition coefficient (Wildman–Crippen LogP) is 2.10. The summed E-state index contributed by atoms with van der Waals surface area (Å²) in [6.07, 6.45) is 2.94. The number of amides is 1. The predicted molar refractivity (Wildman–Crippen MR) is 70.3 cm³/mol. The van der Waals surface area contributed by atoms with Gasteiger partial charge in [0.2, 0.25) is 0 Å². The molecule has 0 aliphatic carbocycles. The highest BCUT2D eigenvalue weighted by Crippen LogP contribution is 2.22. The summed E-state index contributed by atoms with van der Waals surface area (Å²) in [5.41, 5.74) is 0.899. The molecular formula is C14H18N2O3. The van der Waals surface area contributed by atoms with Crippen LogP contribution in [0.3, 0.4) is 0 Å². The molecule has 1 aliphatic heterocycles. The normalized spacial score (nSPS) is 18.6. The van der Waals surface area contributed by atoms with Crippen molar-refractivity contribution in [3.63, 3.8) is 0 Å². The first kappa shape index (κ1) is 13.5. The van der Waals surface area contributed by atoms with E-state index in [-0.39, 0.29) is 23.2 Å². The number of hydrogen-bond acceptors (Lipinski definition) is 3. The third kappa shape index (κ3) is 2.75. The first-order valence-electron chi connectivity index (χ1n) is 6.56. The molecule has 1 N–H and O–H groups in total. The summed E-state index contributed by atoms with van der Waals surface area (Å²) < 4.78 is 0. The van der Waals surface area contributed by atoms with E-state index in [1.165, 1.54) is 12.1 Å². The van der Waals surface area contributed by atoms with Crippen LogP contribution in [0.4, 0.5) is 0 Å². The van der Waals surface area contributed by atoms with Crippen LogP contribution in [0.25, 0.3) is 0 Å². The van der Waals surface area contributed by atoms with E-state index < -0.39 is 5.97 Å². The summed E-state index contributed by atoms with van der Waals surface area (Å²) in [6.45, 7) is 4.49. The second kappa shape index (κ2) is 5.38. The van der Waals surface area contributed by atoms with Gasteiger partial charge in [0.25, 0.3) is 5.91 Å². The average Bonchev–Trinajstić information content (AvgIpc) is 2.85. The molecule has 102 valence electrons. The Balaban J connectivity index is 2.30. The van der Waals surface area contributed by atoms with Gasteiger partial charge in [0.15, 0.2) is 0 Å². The smallest absolute Gasteiger partial charge is 0.335 e. The number of carboxylic acids is 1. The largest absolute Gasteiger partial charge is 0.478 e. The molecular weight excluding hydrogens is 244 g/mol. The topological polar surface area (TPSA) is 70.5 Å². The molecule has 0 radical (unpaired) electrons. The van der Waals surface area contributed by atoms with Crippen LogP contribution in [0.5, 0.6) is 0 Å². The highest BCUT2D eigenvalue weighted by atomic mass is 16.4. The molecule has 5 nitrogen and oxygen atoms in total. The van der Waals surface area contributed by atoms with Crippen LogP contribution in [0.1, 0.15) is 52.7 Å². The van der Waals surface area contributed by atoms with Gasteiger partial charge in [-0.2, -0.15) is 0 Å². The molecule has 5 heteroatoms. The zero-order valence-electron chi connectivity index (χ0n) is 11.2. The average molecular weight is 262 g/mol. The Bertz CT molecular complexity index is 513. The van der Waals surface area contributed by atoms with E-state index in [1.54, 1.807) is 6.92 Å². The van der Waals surface area contributed by atoms with Gasteiger partial charge in [0, 0.05) is 18.3 Å². The molecule has 1 fully saturated rings. The van der Waals surface area contributed by atoms with Gasteiger partial charge in [-0.25, -0.2) is 9.78 Å². The van der Waals surface area contributed by atoms with Gasteiger partial charge in [0.1, 0.15) is 5.69 Å². The Morgan fingerprint density at radius 1 is 1.47 bits per heavy atom. The summed E-state index contributed by atoms with van der Waals surface area (Å²) in [4.78, 5) is 29.4. The van der Waals surface area contributed by atoms with Crippen LogP contribution in [0.2, 0.25) is 0 Å². The van der Waals surface area contributed by atoms with Crippen molar-refractivity contribution < 1.29 is 14.7 Å². The van der Waals surface area contributed by atoms with E-state index in [1.807, 2.05) is 4.90 Å². The fraction of sp³-hybridized carbons (Fsp3) is 0.500. The number of carboxylic acid groups (broad SMARTS) is 1. The van der Waals surface area contributed by atoms with Crippen LogP contribution >= 0.6 is 0 Å². The minimum atomic E-state index is -1.03. The Morgan fingerprint density at radius 3 is 2.84 bits per heavy atom.